The molecule has 2 rings (SSSR count). The summed E-state index contributed by atoms with van der Waals surface area (Å²) in [5, 5.41) is 4.19. The molecule has 0 radical (unpaired) electrons. The van der Waals surface area contributed by atoms with Gasteiger partial charge in [-0.2, -0.15) is 0 Å². The van der Waals surface area contributed by atoms with E-state index in [0.29, 0.717) is 6.04 Å². The van der Waals surface area contributed by atoms with Crippen LogP contribution in [0.4, 0.5) is 0 Å². The molecule has 20 heavy (non-hydrogen) atoms. The minimum atomic E-state index is -0.0202. The molecule has 0 spiro atoms. The van der Waals surface area contributed by atoms with Gasteiger partial charge in [0.15, 0.2) is 0 Å². The molecule has 0 aromatic heterocycles. The van der Waals surface area contributed by atoms with Crippen LogP contribution in [-0.4, -0.2) is 43.8 Å². The van der Waals surface area contributed by atoms with Gasteiger partial charge in [0.1, 0.15) is 0 Å². The Balaban J connectivity index is 1.89. The van der Waals surface area contributed by atoms with E-state index in [0.717, 1.165) is 37.7 Å². The molecule has 1 fully saturated rings. The van der Waals surface area contributed by atoms with Crippen LogP contribution in [0.25, 0.3) is 0 Å². The first-order valence-electron chi connectivity index (χ1n) is 7.29. The summed E-state index contributed by atoms with van der Waals surface area (Å²) in [4.78, 5) is 2.49. The summed E-state index contributed by atoms with van der Waals surface area (Å²) in [5.74, 6) is 0. The Morgan fingerprint density at radius 1 is 1.35 bits per heavy atom. The van der Waals surface area contributed by atoms with Gasteiger partial charge < -0.3 is 10.1 Å². The zero-order chi connectivity index (χ0) is 14.6. The highest BCUT2D eigenvalue weighted by Gasteiger charge is 2.27. The van der Waals surface area contributed by atoms with Crippen molar-refractivity contribution in [3.8, 4) is 0 Å². The lowest BCUT2D eigenvalue weighted by molar-refractivity contribution is -0.0864. The predicted octanol–water partition coefficient (Wildman–Crippen LogP) is 3.10. The van der Waals surface area contributed by atoms with Crippen molar-refractivity contribution in [2.75, 3.05) is 33.3 Å². The Kier molecular flexibility index (Phi) is 5.44. The van der Waals surface area contributed by atoms with Crippen molar-refractivity contribution in [1.82, 2.24) is 10.2 Å². The molecule has 1 aliphatic heterocycles. The number of nitrogens with zero attached hydrogens (tertiary/aromatic N) is 1. The van der Waals surface area contributed by atoms with Crippen molar-refractivity contribution in [1.29, 1.82) is 0 Å². The molecular formula is C16H25ClN2O. The van der Waals surface area contributed by atoms with Crippen LogP contribution < -0.4 is 5.32 Å². The van der Waals surface area contributed by atoms with E-state index in [9.17, 15) is 0 Å². The Labute approximate surface area is 127 Å². The van der Waals surface area contributed by atoms with Crippen LogP contribution in [0, 0.1) is 0 Å². The smallest absolute Gasteiger partial charge is 0.0753 e. The van der Waals surface area contributed by atoms with E-state index >= 15 is 0 Å². The summed E-state index contributed by atoms with van der Waals surface area (Å²) >= 11 is 5.95. The molecule has 0 saturated carbocycles. The minimum Gasteiger partial charge on any atom is -0.373 e. The first-order chi connectivity index (χ1) is 9.50. The summed E-state index contributed by atoms with van der Waals surface area (Å²) in [7, 11) is 2.02. The van der Waals surface area contributed by atoms with Gasteiger partial charge in [-0.1, -0.05) is 23.7 Å². The molecule has 4 heteroatoms. The van der Waals surface area contributed by atoms with Crippen LogP contribution in [0.3, 0.4) is 0 Å². The second kappa shape index (κ2) is 6.90. The third-order valence-electron chi connectivity index (χ3n) is 3.86. The maximum atomic E-state index is 5.95. The fraction of sp³-hybridized carbons (Fsp3) is 0.625. The Bertz CT molecular complexity index is 419. The van der Waals surface area contributed by atoms with Crippen molar-refractivity contribution >= 4 is 11.6 Å². The molecule has 1 unspecified atom stereocenters. The molecule has 0 amide bonds. The fourth-order valence-electron chi connectivity index (χ4n) is 2.79. The van der Waals surface area contributed by atoms with Crippen LogP contribution >= 0.6 is 11.6 Å². The lowest BCUT2D eigenvalue weighted by Crippen LogP contribution is -2.48. The molecule has 112 valence electrons. The van der Waals surface area contributed by atoms with E-state index < -0.39 is 0 Å². The third kappa shape index (κ3) is 4.45. The highest BCUT2D eigenvalue weighted by molar-refractivity contribution is 6.30. The summed E-state index contributed by atoms with van der Waals surface area (Å²) in [6.07, 6.45) is 1.09. The van der Waals surface area contributed by atoms with Crippen LogP contribution in [0.15, 0.2) is 24.3 Å². The molecule has 1 saturated heterocycles. The van der Waals surface area contributed by atoms with Crippen molar-refractivity contribution < 1.29 is 4.74 Å². The fourth-order valence-corrected chi connectivity index (χ4v) is 2.92. The highest BCUT2D eigenvalue weighted by Crippen LogP contribution is 2.21. The van der Waals surface area contributed by atoms with E-state index in [1.807, 2.05) is 19.2 Å². The first-order valence-corrected chi connectivity index (χ1v) is 7.67. The van der Waals surface area contributed by atoms with E-state index in [4.69, 9.17) is 16.3 Å². The normalized spacial score (nSPS) is 20.8. The van der Waals surface area contributed by atoms with Crippen LogP contribution in [0.5, 0.6) is 0 Å². The second-order valence-corrected chi connectivity index (χ2v) is 6.50. The maximum Gasteiger partial charge on any atom is 0.0753 e. The van der Waals surface area contributed by atoms with Crippen LogP contribution in [-0.2, 0) is 4.74 Å². The van der Waals surface area contributed by atoms with E-state index in [1.54, 1.807) is 0 Å². The number of rotatable bonds is 5. The van der Waals surface area contributed by atoms with Crippen molar-refractivity contribution in [2.24, 2.45) is 0 Å². The monoisotopic (exact) mass is 296 g/mol. The molecule has 1 atom stereocenters. The van der Waals surface area contributed by atoms with Gasteiger partial charge in [-0.25, -0.2) is 0 Å². The molecule has 0 bridgehead atoms. The predicted molar refractivity (Wildman–Crippen MR) is 84.3 cm³/mol. The number of ether oxygens (including phenoxy) is 1. The maximum absolute atomic E-state index is 5.95. The van der Waals surface area contributed by atoms with Gasteiger partial charge in [-0.3, -0.25) is 4.90 Å². The summed E-state index contributed by atoms with van der Waals surface area (Å²) in [6, 6.07) is 8.50. The SMILES string of the molecule is CNC(CCN1CCOC(C)(C)C1)c1ccc(Cl)cc1. The van der Waals surface area contributed by atoms with Gasteiger partial charge in [0.2, 0.25) is 0 Å². The topological polar surface area (TPSA) is 24.5 Å². The second-order valence-electron chi connectivity index (χ2n) is 6.07. The average molecular weight is 297 g/mol. The standard InChI is InChI=1S/C16H25ClN2O/c1-16(2)12-19(10-11-20-16)9-8-15(18-3)13-4-6-14(17)7-5-13/h4-7,15,18H,8-12H2,1-3H3. The van der Waals surface area contributed by atoms with Crippen molar-refractivity contribution in [3.63, 3.8) is 0 Å². The molecule has 1 heterocycles. The number of hydrogen-bond acceptors (Lipinski definition) is 3. The number of nitrogens with one attached hydrogen (secondary N) is 1. The third-order valence-corrected chi connectivity index (χ3v) is 4.11. The zero-order valence-corrected chi connectivity index (χ0v) is 13.4. The molecule has 1 aliphatic rings. The minimum absolute atomic E-state index is 0.0202. The zero-order valence-electron chi connectivity index (χ0n) is 12.7. The Morgan fingerprint density at radius 3 is 2.65 bits per heavy atom. The lowest BCUT2D eigenvalue weighted by Gasteiger charge is -2.38. The van der Waals surface area contributed by atoms with Crippen molar-refractivity contribution in [3.05, 3.63) is 34.9 Å². The largest absolute Gasteiger partial charge is 0.373 e. The van der Waals surface area contributed by atoms with Gasteiger partial charge in [-0.15, -0.1) is 0 Å². The lowest BCUT2D eigenvalue weighted by atomic mass is 10.0. The van der Waals surface area contributed by atoms with Gasteiger partial charge in [0, 0.05) is 30.7 Å². The molecule has 1 aromatic carbocycles. The van der Waals surface area contributed by atoms with Gasteiger partial charge in [0.25, 0.3) is 0 Å². The summed E-state index contributed by atoms with van der Waals surface area (Å²) < 4.78 is 5.75. The molecule has 0 aliphatic carbocycles. The van der Waals surface area contributed by atoms with E-state index in [2.05, 4.69) is 36.2 Å². The number of halogens is 1. The van der Waals surface area contributed by atoms with Crippen molar-refractivity contribution in [2.45, 2.75) is 31.9 Å². The molecule has 1 N–H and O–H groups in total. The van der Waals surface area contributed by atoms with E-state index in [-0.39, 0.29) is 5.60 Å². The average Bonchev–Trinajstić information content (AvgIpc) is 2.40. The Morgan fingerprint density at radius 2 is 2.05 bits per heavy atom. The molecule has 1 aromatic rings. The molecular weight excluding hydrogens is 272 g/mol. The number of benzene rings is 1. The highest BCUT2D eigenvalue weighted by atomic mass is 35.5. The van der Waals surface area contributed by atoms with Gasteiger partial charge in [0.05, 0.1) is 12.2 Å². The molecule has 3 nitrogen and oxygen atoms in total. The van der Waals surface area contributed by atoms with Crippen LogP contribution in [0.1, 0.15) is 31.9 Å². The summed E-state index contributed by atoms with van der Waals surface area (Å²) in [5.41, 5.74) is 1.28. The van der Waals surface area contributed by atoms with E-state index in [1.165, 1.54) is 5.56 Å². The first kappa shape index (κ1) is 15.8. The Hall–Kier alpha value is -0.610. The van der Waals surface area contributed by atoms with Crippen LogP contribution in [0.2, 0.25) is 5.02 Å². The van der Waals surface area contributed by atoms with Gasteiger partial charge >= 0.3 is 0 Å². The van der Waals surface area contributed by atoms with Gasteiger partial charge in [-0.05, 0) is 45.0 Å². The number of morpholine rings is 1. The summed E-state index contributed by atoms with van der Waals surface area (Å²) in [6.45, 7) is 8.27. The quantitative estimate of drug-likeness (QED) is 0.903. The number of hydrogen-bond donors (Lipinski definition) is 1.